The predicted octanol–water partition coefficient (Wildman–Crippen LogP) is 6.79. The first-order valence-electron chi connectivity index (χ1n) is 13.1. The van der Waals surface area contributed by atoms with Gasteiger partial charge in [-0.15, -0.1) is 0 Å². The Morgan fingerprint density at radius 1 is 0.881 bits per heavy atom. The SMILES string of the molecule is CCOC(Cc1ccc(OCCN(CCCOCc2cc(Cl)cc(Cl)c2)C(=O)Oc2ccc(F)c(F)c2)cc1)C(=O)O. The first-order valence-corrected chi connectivity index (χ1v) is 13.9. The molecule has 3 rings (SSSR count). The van der Waals surface area contributed by atoms with Crippen LogP contribution in [0.3, 0.4) is 0 Å². The van der Waals surface area contributed by atoms with Gasteiger partial charge in [0, 0.05) is 42.3 Å². The first-order chi connectivity index (χ1) is 20.1. The Morgan fingerprint density at radius 3 is 2.21 bits per heavy atom. The summed E-state index contributed by atoms with van der Waals surface area (Å²) in [4.78, 5) is 25.6. The number of amides is 1. The maximum Gasteiger partial charge on any atom is 0.415 e. The molecule has 0 aromatic heterocycles. The molecule has 0 heterocycles. The molecule has 1 atom stereocenters. The van der Waals surface area contributed by atoms with Crippen LogP contribution in [-0.2, 0) is 27.3 Å². The summed E-state index contributed by atoms with van der Waals surface area (Å²) >= 11 is 12.0. The van der Waals surface area contributed by atoms with E-state index in [4.69, 9.17) is 42.1 Å². The minimum Gasteiger partial charge on any atom is -0.492 e. The van der Waals surface area contributed by atoms with Gasteiger partial charge < -0.3 is 29.0 Å². The number of hydrogen-bond donors (Lipinski definition) is 1. The minimum absolute atomic E-state index is 0.102. The molecule has 1 unspecified atom stereocenters. The fourth-order valence-electron chi connectivity index (χ4n) is 3.87. The van der Waals surface area contributed by atoms with Crippen LogP contribution in [0.4, 0.5) is 13.6 Å². The summed E-state index contributed by atoms with van der Waals surface area (Å²) in [5, 5.41) is 10.3. The molecule has 0 saturated carbocycles. The number of carbonyl (C=O) groups excluding carboxylic acids is 1. The average molecular weight is 626 g/mol. The summed E-state index contributed by atoms with van der Waals surface area (Å²) < 4.78 is 48.8. The van der Waals surface area contributed by atoms with E-state index in [2.05, 4.69) is 0 Å². The van der Waals surface area contributed by atoms with Gasteiger partial charge in [0.25, 0.3) is 0 Å². The van der Waals surface area contributed by atoms with Gasteiger partial charge >= 0.3 is 12.1 Å². The van der Waals surface area contributed by atoms with Crippen molar-refractivity contribution in [2.75, 3.05) is 32.9 Å². The van der Waals surface area contributed by atoms with E-state index in [0.29, 0.717) is 28.8 Å². The summed E-state index contributed by atoms with van der Waals surface area (Å²) in [7, 11) is 0. The van der Waals surface area contributed by atoms with E-state index < -0.39 is 29.8 Å². The molecular formula is C30H31Cl2F2NO7. The van der Waals surface area contributed by atoms with Gasteiger partial charge in [0.2, 0.25) is 0 Å². The van der Waals surface area contributed by atoms with Gasteiger partial charge in [0.15, 0.2) is 17.7 Å². The van der Waals surface area contributed by atoms with Crippen molar-refractivity contribution < 1.29 is 42.4 Å². The first kappa shape index (κ1) is 33.1. The lowest BCUT2D eigenvalue weighted by Crippen LogP contribution is -2.38. The molecule has 226 valence electrons. The van der Waals surface area contributed by atoms with E-state index >= 15 is 0 Å². The Balaban J connectivity index is 1.54. The van der Waals surface area contributed by atoms with Gasteiger partial charge in [-0.25, -0.2) is 18.4 Å². The number of benzene rings is 3. The molecule has 0 aliphatic heterocycles. The molecule has 1 N–H and O–H groups in total. The van der Waals surface area contributed by atoms with E-state index in [0.717, 1.165) is 29.3 Å². The number of aliphatic carboxylic acids is 1. The molecule has 42 heavy (non-hydrogen) atoms. The number of carboxylic acids is 1. The Labute approximate surface area is 252 Å². The topological polar surface area (TPSA) is 94.5 Å². The lowest BCUT2D eigenvalue weighted by molar-refractivity contribution is -0.149. The van der Waals surface area contributed by atoms with Crippen LogP contribution >= 0.6 is 23.2 Å². The highest BCUT2D eigenvalue weighted by molar-refractivity contribution is 6.34. The highest BCUT2D eigenvalue weighted by atomic mass is 35.5. The fraction of sp³-hybridized carbons (Fsp3) is 0.333. The summed E-state index contributed by atoms with van der Waals surface area (Å²) in [5.74, 6) is -2.85. The normalized spacial score (nSPS) is 11.6. The minimum atomic E-state index is -1.14. The van der Waals surface area contributed by atoms with Crippen LogP contribution in [0.15, 0.2) is 60.7 Å². The number of halogens is 4. The van der Waals surface area contributed by atoms with Crippen molar-refractivity contribution in [2.24, 2.45) is 0 Å². The Hall–Kier alpha value is -3.44. The molecule has 0 radical (unpaired) electrons. The third kappa shape index (κ3) is 11.1. The van der Waals surface area contributed by atoms with Gasteiger partial charge in [-0.05, 0) is 66.9 Å². The van der Waals surface area contributed by atoms with Crippen molar-refractivity contribution in [3.8, 4) is 11.5 Å². The molecule has 3 aromatic carbocycles. The maximum atomic E-state index is 13.6. The van der Waals surface area contributed by atoms with Crippen LogP contribution in [0, 0.1) is 11.6 Å². The second kappa shape index (κ2) is 16.9. The Morgan fingerprint density at radius 2 is 1.57 bits per heavy atom. The molecule has 12 heteroatoms. The van der Waals surface area contributed by atoms with Gasteiger partial charge in [-0.1, -0.05) is 35.3 Å². The molecule has 1 amide bonds. The van der Waals surface area contributed by atoms with Crippen molar-refractivity contribution in [1.29, 1.82) is 0 Å². The molecule has 0 spiro atoms. The molecule has 0 aliphatic rings. The molecule has 8 nitrogen and oxygen atoms in total. The number of nitrogens with zero attached hydrogens (tertiary/aromatic N) is 1. The van der Waals surface area contributed by atoms with Crippen molar-refractivity contribution >= 4 is 35.3 Å². The van der Waals surface area contributed by atoms with Crippen LogP contribution in [-0.4, -0.2) is 61.1 Å². The average Bonchev–Trinajstić information content (AvgIpc) is 2.94. The predicted molar refractivity (Wildman–Crippen MR) is 153 cm³/mol. The van der Waals surface area contributed by atoms with Crippen LogP contribution in [0.5, 0.6) is 11.5 Å². The van der Waals surface area contributed by atoms with E-state index in [1.54, 1.807) is 49.4 Å². The highest BCUT2D eigenvalue weighted by Crippen LogP contribution is 2.20. The second-order valence-corrected chi connectivity index (χ2v) is 9.97. The molecule has 0 aliphatic carbocycles. The van der Waals surface area contributed by atoms with Gasteiger partial charge in [0.1, 0.15) is 18.1 Å². The number of carbonyl (C=O) groups is 2. The quantitative estimate of drug-likeness (QED) is 0.175. The van der Waals surface area contributed by atoms with E-state index in [1.165, 1.54) is 4.90 Å². The molecule has 3 aromatic rings. The maximum absolute atomic E-state index is 13.6. The largest absolute Gasteiger partial charge is 0.492 e. The zero-order chi connectivity index (χ0) is 30.5. The summed E-state index contributed by atoms with van der Waals surface area (Å²) in [6, 6.07) is 14.8. The monoisotopic (exact) mass is 625 g/mol. The lowest BCUT2D eigenvalue weighted by atomic mass is 10.1. The van der Waals surface area contributed by atoms with Gasteiger partial charge in [-0.3, -0.25) is 0 Å². The van der Waals surface area contributed by atoms with Gasteiger partial charge in [0.05, 0.1) is 13.2 Å². The molecule has 0 saturated heterocycles. The van der Waals surface area contributed by atoms with E-state index in [-0.39, 0.29) is 45.1 Å². The number of carboxylic acid groups (broad SMARTS) is 1. The number of hydrogen-bond acceptors (Lipinski definition) is 6. The Bertz CT molecular complexity index is 1310. The van der Waals surface area contributed by atoms with Gasteiger partial charge in [-0.2, -0.15) is 0 Å². The van der Waals surface area contributed by atoms with Crippen molar-refractivity contribution in [1.82, 2.24) is 4.90 Å². The standard InChI is InChI=1S/C30H31Cl2F2NO7/c1-2-40-28(29(36)37)16-20-4-6-24(7-5-20)41-13-11-35(30(38)42-25-8-9-26(33)27(34)18-25)10-3-12-39-19-21-14-22(31)17-23(32)15-21/h4-9,14-15,17-18,28H,2-3,10-13,16,19H2,1H3,(H,36,37). The van der Waals surface area contributed by atoms with Crippen molar-refractivity contribution in [3.63, 3.8) is 0 Å². The van der Waals surface area contributed by atoms with Crippen LogP contribution < -0.4 is 9.47 Å². The summed E-state index contributed by atoms with van der Waals surface area (Å²) in [6.45, 7) is 3.06. The zero-order valence-electron chi connectivity index (χ0n) is 22.9. The molecule has 0 bridgehead atoms. The zero-order valence-corrected chi connectivity index (χ0v) is 24.4. The Kier molecular flexibility index (Phi) is 13.3. The summed E-state index contributed by atoms with van der Waals surface area (Å²) in [5.41, 5.74) is 1.57. The van der Waals surface area contributed by atoms with Crippen LogP contribution in [0.2, 0.25) is 10.0 Å². The third-order valence-corrected chi connectivity index (χ3v) is 6.32. The second-order valence-electron chi connectivity index (χ2n) is 9.09. The smallest absolute Gasteiger partial charge is 0.415 e. The van der Waals surface area contributed by atoms with Crippen LogP contribution in [0.25, 0.3) is 0 Å². The fourth-order valence-corrected chi connectivity index (χ4v) is 4.44. The third-order valence-electron chi connectivity index (χ3n) is 5.88. The number of ether oxygens (including phenoxy) is 4. The van der Waals surface area contributed by atoms with Crippen molar-refractivity contribution in [3.05, 3.63) is 93.5 Å². The summed E-state index contributed by atoms with van der Waals surface area (Å²) in [6.07, 6.45) is -1.06. The van der Waals surface area contributed by atoms with E-state index in [9.17, 15) is 23.5 Å². The highest BCUT2D eigenvalue weighted by Gasteiger charge is 2.19. The van der Waals surface area contributed by atoms with Crippen molar-refractivity contribution in [2.45, 2.75) is 32.5 Å². The molecule has 0 fully saturated rings. The van der Waals surface area contributed by atoms with E-state index in [1.807, 2.05) is 0 Å². The number of rotatable bonds is 16. The lowest BCUT2D eigenvalue weighted by Gasteiger charge is -2.22. The van der Waals surface area contributed by atoms with Crippen LogP contribution in [0.1, 0.15) is 24.5 Å². The molecular weight excluding hydrogens is 595 g/mol.